The number of aryl methyl sites for hydroxylation is 1. The Kier molecular flexibility index (Phi) is 4.42. The van der Waals surface area contributed by atoms with Gasteiger partial charge in [-0.1, -0.05) is 30.3 Å². The van der Waals surface area contributed by atoms with Gasteiger partial charge in [0.15, 0.2) is 0 Å². The Morgan fingerprint density at radius 1 is 1.21 bits per heavy atom. The number of benzene rings is 1. The molecule has 6 heteroatoms. The van der Waals surface area contributed by atoms with Gasteiger partial charge in [0.1, 0.15) is 6.10 Å². The molecule has 3 aromatic rings. The summed E-state index contributed by atoms with van der Waals surface area (Å²) in [6.45, 7) is 3.64. The fraction of sp³-hybridized carbons (Fsp3) is 0.333. The normalized spacial score (nSPS) is 16.5. The Bertz CT molecular complexity index is 785. The Labute approximate surface area is 145 Å². The molecule has 1 aromatic carbocycles. The van der Waals surface area contributed by atoms with Gasteiger partial charge in [-0.25, -0.2) is 4.98 Å². The van der Waals surface area contributed by atoms with E-state index < -0.39 is 6.10 Å². The fourth-order valence-electron chi connectivity index (χ4n) is 3.17. The third-order valence-corrected chi connectivity index (χ3v) is 5.01. The van der Waals surface area contributed by atoms with E-state index in [-0.39, 0.29) is 0 Å². The largest absolute Gasteiger partial charge is 0.382 e. The first-order chi connectivity index (χ1) is 11.8. The third kappa shape index (κ3) is 3.26. The second-order valence-electron chi connectivity index (χ2n) is 6.14. The lowest BCUT2D eigenvalue weighted by molar-refractivity contribution is 0.213. The minimum absolute atomic E-state index is 0.669. The quantitative estimate of drug-likeness (QED) is 0.793. The van der Waals surface area contributed by atoms with Crippen LogP contribution in [0, 0.1) is 0 Å². The van der Waals surface area contributed by atoms with Crippen LogP contribution in [0.4, 0.5) is 0 Å². The zero-order valence-electron chi connectivity index (χ0n) is 13.4. The molecule has 0 bridgehead atoms. The lowest BCUT2D eigenvalue weighted by atomic mass is 10.1. The topological polar surface area (TPSA) is 54.2 Å². The summed E-state index contributed by atoms with van der Waals surface area (Å²) in [5, 5.41) is 17.3. The van der Waals surface area contributed by atoms with Crippen molar-refractivity contribution < 1.29 is 5.11 Å². The molecule has 4 rings (SSSR count). The molecule has 0 amide bonds. The Morgan fingerprint density at radius 2 is 2.08 bits per heavy atom. The lowest BCUT2D eigenvalue weighted by Gasteiger charge is -2.17. The van der Waals surface area contributed by atoms with E-state index >= 15 is 0 Å². The number of hydrogen-bond acceptors (Lipinski definition) is 5. The average Bonchev–Trinajstić information content (AvgIpc) is 3.22. The zero-order chi connectivity index (χ0) is 16.4. The van der Waals surface area contributed by atoms with Crippen LogP contribution in [0.3, 0.4) is 0 Å². The number of aromatic nitrogens is 3. The molecule has 0 unspecified atom stereocenters. The van der Waals surface area contributed by atoms with E-state index in [0.717, 1.165) is 55.2 Å². The smallest absolute Gasteiger partial charge is 0.123 e. The highest BCUT2D eigenvalue weighted by Crippen LogP contribution is 2.24. The molecule has 0 aliphatic carbocycles. The highest BCUT2D eigenvalue weighted by atomic mass is 32.1. The van der Waals surface area contributed by atoms with Crippen LogP contribution in [-0.2, 0) is 19.6 Å². The highest BCUT2D eigenvalue weighted by molar-refractivity contribution is 7.07. The van der Waals surface area contributed by atoms with E-state index in [1.807, 2.05) is 46.6 Å². The van der Waals surface area contributed by atoms with Crippen molar-refractivity contribution in [2.24, 2.45) is 0 Å². The first-order valence-electron chi connectivity index (χ1n) is 8.18. The van der Waals surface area contributed by atoms with Crippen LogP contribution < -0.4 is 0 Å². The van der Waals surface area contributed by atoms with Crippen molar-refractivity contribution >= 4 is 11.3 Å². The predicted molar refractivity (Wildman–Crippen MR) is 93.6 cm³/mol. The van der Waals surface area contributed by atoms with Crippen LogP contribution in [0.25, 0.3) is 0 Å². The minimum atomic E-state index is -0.669. The lowest BCUT2D eigenvalue weighted by Crippen LogP contribution is -2.22. The Hall–Kier alpha value is -2.02. The van der Waals surface area contributed by atoms with E-state index in [1.165, 1.54) is 0 Å². The summed E-state index contributed by atoms with van der Waals surface area (Å²) >= 11 is 1.64. The van der Waals surface area contributed by atoms with E-state index in [0.29, 0.717) is 0 Å². The molecule has 2 aromatic heterocycles. The van der Waals surface area contributed by atoms with Gasteiger partial charge in [-0.15, -0.1) is 11.3 Å². The van der Waals surface area contributed by atoms with Gasteiger partial charge in [-0.3, -0.25) is 9.58 Å². The van der Waals surface area contributed by atoms with Crippen LogP contribution in [0.1, 0.15) is 35.2 Å². The summed E-state index contributed by atoms with van der Waals surface area (Å²) in [4.78, 5) is 6.78. The number of aliphatic hydroxyl groups is 1. The van der Waals surface area contributed by atoms with Crippen molar-refractivity contribution in [3.63, 3.8) is 0 Å². The van der Waals surface area contributed by atoms with Crippen molar-refractivity contribution in [2.75, 3.05) is 6.54 Å². The molecule has 1 aliphatic rings. The molecule has 0 saturated carbocycles. The van der Waals surface area contributed by atoms with Crippen molar-refractivity contribution in [3.8, 4) is 0 Å². The Balaban J connectivity index is 1.53. The first-order valence-corrected chi connectivity index (χ1v) is 9.13. The number of nitrogens with zero attached hydrogens (tertiary/aromatic N) is 4. The van der Waals surface area contributed by atoms with Gasteiger partial charge in [-0.2, -0.15) is 5.10 Å². The van der Waals surface area contributed by atoms with Gasteiger partial charge >= 0.3 is 0 Å². The summed E-state index contributed by atoms with van der Waals surface area (Å²) in [6.07, 6.45) is 0.386. The highest BCUT2D eigenvalue weighted by Gasteiger charge is 2.21. The Morgan fingerprint density at radius 3 is 2.88 bits per heavy atom. The van der Waals surface area contributed by atoms with Crippen molar-refractivity contribution in [2.45, 2.75) is 32.2 Å². The maximum Gasteiger partial charge on any atom is 0.123 e. The van der Waals surface area contributed by atoms with Crippen molar-refractivity contribution in [1.29, 1.82) is 0 Å². The van der Waals surface area contributed by atoms with Crippen LogP contribution in [0.2, 0.25) is 0 Å². The van der Waals surface area contributed by atoms with E-state index in [2.05, 4.69) is 20.4 Å². The molecule has 0 radical (unpaired) electrons. The van der Waals surface area contributed by atoms with Crippen LogP contribution in [0.5, 0.6) is 0 Å². The number of thiazole rings is 1. The van der Waals surface area contributed by atoms with E-state index in [4.69, 9.17) is 0 Å². The SMILES string of the molecule is O[C@@H](c1ccccc1)c1cc2n(n1)CCCN(Cc1cscn1)C2. The zero-order valence-corrected chi connectivity index (χ0v) is 14.2. The number of rotatable bonds is 4. The minimum Gasteiger partial charge on any atom is -0.382 e. The summed E-state index contributed by atoms with van der Waals surface area (Å²) in [6, 6.07) is 11.7. The van der Waals surface area contributed by atoms with Crippen molar-refractivity contribution in [1.82, 2.24) is 19.7 Å². The first kappa shape index (κ1) is 15.5. The molecule has 0 spiro atoms. The van der Waals surface area contributed by atoms with E-state index in [1.54, 1.807) is 11.3 Å². The third-order valence-electron chi connectivity index (χ3n) is 4.38. The van der Waals surface area contributed by atoms with Gasteiger partial charge in [0.05, 0.1) is 22.6 Å². The second-order valence-corrected chi connectivity index (χ2v) is 6.86. The molecular formula is C18H20N4OS. The molecule has 5 nitrogen and oxygen atoms in total. The maximum atomic E-state index is 10.6. The van der Waals surface area contributed by atoms with Gasteiger partial charge < -0.3 is 5.11 Å². The van der Waals surface area contributed by atoms with Gasteiger partial charge in [0.2, 0.25) is 0 Å². The second kappa shape index (κ2) is 6.84. The van der Waals surface area contributed by atoms with Crippen LogP contribution >= 0.6 is 11.3 Å². The summed E-state index contributed by atoms with van der Waals surface area (Å²) in [7, 11) is 0. The fourth-order valence-corrected chi connectivity index (χ4v) is 3.72. The van der Waals surface area contributed by atoms with Gasteiger partial charge in [-0.05, 0) is 18.1 Å². The molecule has 1 aliphatic heterocycles. The predicted octanol–water partition coefficient (Wildman–Crippen LogP) is 2.83. The molecule has 124 valence electrons. The van der Waals surface area contributed by atoms with Crippen LogP contribution in [0.15, 0.2) is 47.3 Å². The van der Waals surface area contributed by atoms with Crippen LogP contribution in [-0.4, -0.2) is 31.3 Å². The standard InChI is InChI=1S/C18H20N4OS/c23-18(14-5-2-1-3-6-14)17-9-16-11-21(7-4-8-22(16)20-17)10-15-12-24-13-19-15/h1-3,5-6,9,12-13,18,23H,4,7-8,10-11H2/t18-/m0/s1. The van der Waals surface area contributed by atoms with Gasteiger partial charge in [0, 0.05) is 31.6 Å². The molecule has 0 saturated heterocycles. The molecule has 3 heterocycles. The molecular weight excluding hydrogens is 320 g/mol. The monoisotopic (exact) mass is 340 g/mol. The van der Waals surface area contributed by atoms with E-state index in [9.17, 15) is 5.11 Å². The molecule has 1 N–H and O–H groups in total. The summed E-state index contributed by atoms with van der Waals surface area (Å²) in [5.74, 6) is 0. The average molecular weight is 340 g/mol. The van der Waals surface area contributed by atoms with Gasteiger partial charge in [0.25, 0.3) is 0 Å². The molecule has 24 heavy (non-hydrogen) atoms. The number of aliphatic hydroxyl groups excluding tert-OH is 1. The summed E-state index contributed by atoms with van der Waals surface area (Å²) < 4.78 is 2.04. The molecule has 1 atom stereocenters. The maximum absolute atomic E-state index is 10.6. The number of fused-ring (bicyclic) bond motifs is 1. The molecule has 0 fully saturated rings. The van der Waals surface area contributed by atoms with Crippen molar-refractivity contribution in [3.05, 3.63) is 69.9 Å². The number of hydrogen-bond donors (Lipinski definition) is 1. The summed E-state index contributed by atoms with van der Waals surface area (Å²) in [5.41, 5.74) is 5.77.